The highest BCUT2D eigenvalue weighted by molar-refractivity contribution is 6.51. The molecule has 36 heavy (non-hydrogen) atoms. The van der Waals surface area contributed by atoms with Gasteiger partial charge in [0.25, 0.3) is 11.7 Å². The molecule has 0 bridgehead atoms. The molecule has 2 N–H and O–H groups in total. The molecule has 1 aliphatic rings. The molecule has 8 heteroatoms. The number of esters is 1. The summed E-state index contributed by atoms with van der Waals surface area (Å²) >= 11 is 0. The molecule has 8 nitrogen and oxygen atoms in total. The summed E-state index contributed by atoms with van der Waals surface area (Å²) in [6, 6.07) is 16.7. The molecule has 4 rings (SSSR count). The van der Waals surface area contributed by atoms with Crippen molar-refractivity contribution in [3.63, 3.8) is 0 Å². The van der Waals surface area contributed by atoms with E-state index < -0.39 is 23.7 Å². The van der Waals surface area contributed by atoms with Crippen LogP contribution < -0.4 is 9.64 Å². The molecule has 1 fully saturated rings. The number of ketones is 1. The second-order valence-corrected chi connectivity index (χ2v) is 8.36. The van der Waals surface area contributed by atoms with Crippen LogP contribution in [0.4, 0.5) is 5.69 Å². The maximum atomic E-state index is 13.3. The number of amides is 1. The van der Waals surface area contributed by atoms with Crippen LogP contribution in [0.1, 0.15) is 28.3 Å². The molecular formula is C28H25NO7. The molecule has 0 aliphatic carbocycles. The normalized spacial score (nSPS) is 16.8. The molecule has 1 saturated heterocycles. The lowest BCUT2D eigenvalue weighted by Gasteiger charge is -2.25. The van der Waals surface area contributed by atoms with Gasteiger partial charge in [0.2, 0.25) is 0 Å². The summed E-state index contributed by atoms with van der Waals surface area (Å²) in [4.78, 5) is 39.4. The van der Waals surface area contributed by atoms with Crippen molar-refractivity contribution in [1.29, 1.82) is 0 Å². The van der Waals surface area contributed by atoms with Gasteiger partial charge in [0.05, 0.1) is 32.3 Å². The van der Waals surface area contributed by atoms with Crippen LogP contribution in [0, 0.1) is 6.92 Å². The third-order valence-corrected chi connectivity index (χ3v) is 6.11. The van der Waals surface area contributed by atoms with Crippen molar-refractivity contribution in [2.24, 2.45) is 0 Å². The van der Waals surface area contributed by atoms with Crippen molar-refractivity contribution in [2.75, 3.05) is 19.1 Å². The minimum Gasteiger partial charge on any atom is -0.508 e. The number of phenolic OH excluding ortho intramolecular Hbond substituents is 1. The zero-order valence-corrected chi connectivity index (χ0v) is 20.0. The average Bonchev–Trinajstić information content (AvgIpc) is 3.14. The van der Waals surface area contributed by atoms with Crippen LogP contribution in [-0.4, -0.2) is 42.1 Å². The van der Waals surface area contributed by atoms with Crippen LogP contribution in [0.5, 0.6) is 11.5 Å². The maximum Gasteiger partial charge on any atom is 0.309 e. The van der Waals surface area contributed by atoms with Gasteiger partial charge in [0.1, 0.15) is 17.3 Å². The maximum absolute atomic E-state index is 13.3. The van der Waals surface area contributed by atoms with Crippen molar-refractivity contribution in [2.45, 2.75) is 19.4 Å². The molecule has 0 saturated carbocycles. The van der Waals surface area contributed by atoms with Crippen molar-refractivity contribution in [3.05, 3.63) is 94.6 Å². The number of benzene rings is 3. The van der Waals surface area contributed by atoms with Crippen LogP contribution in [-0.2, 0) is 25.5 Å². The smallest absolute Gasteiger partial charge is 0.309 e. The molecule has 0 radical (unpaired) electrons. The van der Waals surface area contributed by atoms with Gasteiger partial charge in [0.15, 0.2) is 0 Å². The predicted octanol–water partition coefficient (Wildman–Crippen LogP) is 4.05. The Kier molecular flexibility index (Phi) is 6.78. The summed E-state index contributed by atoms with van der Waals surface area (Å²) in [6.45, 7) is 1.81. The number of aliphatic hydroxyl groups excluding tert-OH is 1. The van der Waals surface area contributed by atoms with Gasteiger partial charge in [-0.15, -0.1) is 0 Å². The molecule has 3 aromatic rings. The number of phenols is 1. The van der Waals surface area contributed by atoms with Gasteiger partial charge >= 0.3 is 5.97 Å². The number of rotatable bonds is 6. The number of hydrogen-bond acceptors (Lipinski definition) is 7. The third kappa shape index (κ3) is 4.53. The summed E-state index contributed by atoms with van der Waals surface area (Å²) in [5.41, 5.74) is 2.65. The summed E-state index contributed by atoms with van der Waals surface area (Å²) in [7, 11) is 2.84. The van der Waals surface area contributed by atoms with E-state index in [1.807, 2.05) is 6.92 Å². The summed E-state index contributed by atoms with van der Waals surface area (Å²) in [5.74, 6) is -1.72. The Bertz CT molecular complexity index is 1360. The first kappa shape index (κ1) is 24.5. The number of aromatic hydroxyl groups is 1. The Balaban J connectivity index is 1.85. The number of Topliss-reactive ketones (excluding diaryl/α,β-unsaturated/α-hetero) is 1. The fourth-order valence-electron chi connectivity index (χ4n) is 4.27. The zero-order valence-electron chi connectivity index (χ0n) is 20.0. The quantitative estimate of drug-likeness (QED) is 0.233. The number of carbonyl (C=O) groups is 3. The second kappa shape index (κ2) is 9.95. The van der Waals surface area contributed by atoms with Crippen LogP contribution in [0.3, 0.4) is 0 Å². The molecule has 184 valence electrons. The zero-order chi connectivity index (χ0) is 26.0. The summed E-state index contributed by atoms with van der Waals surface area (Å²) < 4.78 is 9.98. The van der Waals surface area contributed by atoms with Gasteiger partial charge in [0, 0.05) is 11.3 Å². The molecule has 1 amide bonds. The lowest BCUT2D eigenvalue weighted by Crippen LogP contribution is -2.29. The minimum absolute atomic E-state index is 0.0219. The minimum atomic E-state index is -0.945. The van der Waals surface area contributed by atoms with E-state index in [2.05, 4.69) is 0 Å². The van der Waals surface area contributed by atoms with Gasteiger partial charge in [-0.1, -0.05) is 24.3 Å². The van der Waals surface area contributed by atoms with E-state index in [1.54, 1.807) is 54.6 Å². The molecule has 1 heterocycles. The third-order valence-electron chi connectivity index (χ3n) is 6.11. The molecule has 0 spiro atoms. The van der Waals surface area contributed by atoms with Crippen molar-refractivity contribution < 1.29 is 34.1 Å². The monoisotopic (exact) mass is 487 g/mol. The molecule has 0 aromatic heterocycles. The fourth-order valence-corrected chi connectivity index (χ4v) is 4.27. The second-order valence-electron chi connectivity index (χ2n) is 8.36. The Hall–Kier alpha value is -4.59. The van der Waals surface area contributed by atoms with Gasteiger partial charge in [-0.3, -0.25) is 19.3 Å². The van der Waals surface area contributed by atoms with Crippen molar-refractivity contribution in [1.82, 2.24) is 0 Å². The van der Waals surface area contributed by atoms with Crippen molar-refractivity contribution >= 4 is 29.1 Å². The van der Waals surface area contributed by atoms with E-state index >= 15 is 0 Å². The first-order valence-electron chi connectivity index (χ1n) is 11.2. The van der Waals surface area contributed by atoms with Crippen LogP contribution in [0.15, 0.2) is 72.3 Å². The number of methoxy groups -OCH3 is 2. The Morgan fingerprint density at radius 1 is 0.972 bits per heavy atom. The number of aryl methyl sites for hydroxylation is 1. The summed E-state index contributed by atoms with van der Waals surface area (Å²) in [6.07, 6.45) is 0.0633. The topological polar surface area (TPSA) is 113 Å². The largest absolute Gasteiger partial charge is 0.508 e. The van der Waals surface area contributed by atoms with E-state index in [9.17, 15) is 24.6 Å². The predicted molar refractivity (Wildman–Crippen MR) is 133 cm³/mol. The molecular weight excluding hydrogens is 462 g/mol. The van der Waals surface area contributed by atoms with Gasteiger partial charge < -0.3 is 19.7 Å². The summed E-state index contributed by atoms with van der Waals surface area (Å²) in [5, 5.41) is 21.0. The lowest BCUT2D eigenvalue weighted by atomic mass is 9.94. The molecule has 3 aromatic carbocycles. The van der Waals surface area contributed by atoms with E-state index in [4.69, 9.17) is 9.47 Å². The molecule has 1 atom stereocenters. The number of hydrogen-bond donors (Lipinski definition) is 2. The van der Waals surface area contributed by atoms with E-state index in [1.165, 1.54) is 31.3 Å². The van der Waals surface area contributed by atoms with Gasteiger partial charge in [-0.05, 0) is 66.1 Å². The number of nitrogens with zero attached hydrogens (tertiary/aromatic N) is 1. The van der Waals surface area contributed by atoms with Crippen LogP contribution in [0.2, 0.25) is 0 Å². The Morgan fingerprint density at radius 2 is 1.64 bits per heavy atom. The number of carbonyl (C=O) groups excluding carboxylic acids is 3. The lowest BCUT2D eigenvalue weighted by molar-refractivity contribution is -0.139. The van der Waals surface area contributed by atoms with Gasteiger partial charge in [-0.2, -0.15) is 0 Å². The first-order valence-corrected chi connectivity index (χ1v) is 11.2. The van der Waals surface area contributed by atoms with Gasteiger partial charge in [-0.25, -0.2) is 0 Å². The number of anilines is 1. The first-order chi connectivity index (χ1) is 17.2. The molecule has 1 unspecified atom stereocenters. The Labute approximate surface area is 208 Å². The Morgan fingerprint density at radius 3 is 2.22 bits per heavy atom. The average molecular weight is 488 g/mol. The number of aliphatic hydroxyl groups is 1. The van der Waals surface area contributed by atoms with E-state index in [-0.39, 0.29) is 23.5 Å². The SMILES string of the molecule is COC(=O)Cc1ccc(N2C(=O)C(=O)/C(=C(\O)c3ccc(OC)c(C)c3)C2c2ccc(O)cc2)cc1. The standard InChI is InChI=1S/C28H25NO7/c1-16-14-19(8-13-22(16)35-2)26(32)24-25(18-6-11-21(30)12-7-18)29(28(34)27(24)33)20-9-4-17(5-10-20)15-23(31)36-3/h4-14,25,30,32H,15H2,1-3H3/b26-24-. The highest BCUT2D eigenvalue weighted by atomic mass is 16.5. The molecule has 1 aliphatic heterocycles. The highest BCUT2D eigenvalue weighted by Crippen LogP contribution is 2.42. The number of ether oxygens (including phenoxy) is 2. The van der Waals surface area contributed by atoms with E-state index in [0.29, 0.717) is 28.1 Å². The highest BCUT2D eigenvalue weighted by Gasteiger charge is 2.47. The van der Waals surface area contributed by atoms with Crippen LogP contribution >= 0.6 is 0 Å². The van der Waals surface area contributed by atoms with E-state index in [0.717, 1.165) is 5.56 Å². The fraction of sp³-hybridized carbons (Fsp3) is 0.179. The van der Waals surface area contributed by atoms with Crippen molar-refractivity contribution in [3.8, 4) is 11.5 Å². The van der Waals surface area contributed by atoms with Crippen LogP contribution in [0.25, 0.3) is 5.76 Å².